The Bertz CT molecular complexity index is 377. The van der Waals surface area contributed by atoms with E-state index in [0.717, 1.165) is 19.3 Å². The summed E-state index contributed by atoms with van der Waals surface area (Å²) in [6.07, 6.45) is 3.32. The average Bonchev–Trinajstić information content (AvgIpc) is 2.27. The Morgan fingerprint density at radius 2 is 1.78 bits per heavy atom. The van der Waals surface area contributed by atoms with E-state index in [2.05, 4.69) is 45.9 Å². The molecule has 2 N–H and O–H groups in total. The van der Waals surface area contributed by atoms with Gasteiger partial charge in [0.05, 0.1) is 0 Å². The summed E-state index contributed by atoms with van der Waals surface area (Å²) in [4.78, 5) is 0. The second-order valence-corrected chi connectivity index (χ2v) is 6.56. The van der Waals surface area contributed by atoms with Gasteiger partial charge in [0.1, 0.15) is 0 Å². The van der Waals surface area contributed by atoms with Crippen molar-refractivity contribution < 1.29 is 0 Å². The highest BCUT2D eigenvalue weighted by molar-refractivity contribution is 6.17. The SMILES string of the molecule is C[C@@H](N)CCCc1cc(CCl)cc(C(C)(C)C)c1. The van der Waals surface area contributed by atoms with Gasteiger partial charge in [-0.1, -0.05) is 39.0 Å². The summed E-state index contributed by atoms with van der Waals surface area (Å²) in [6, 6.07) is 7.06. The van der Waals surface area contributed by atoms with Gasteiger partial charge in [0.25, 0.3) is 0 Å². The Balaban J connectivity index is 2.84. The molecule has 0 fully saturated rings. The third-order valence-electron chi connectivity index (χ3n) is 3.20. The van der Waals surface area contributed by atoms with Crippen LogP contribution in [-0.4, -0.2) is 6.04 Å². The number of alkyl halides is 1. The average molecular weight is 268 g/mol. The van der Waals surface area contributed by atoms with Crippen LogP contribution < -0.4 is 5.73 Å². The molecule has 0 saturated carbocycles. The van der Waals surface area contributed by atoms with Crippen molar-refractivity contribution >= 4 is 11.6 Å². The number of hydrogen-bond donors (Lipinski definition) is 1. The molecular formula is C16H26ClN. The fourth-order valence-electron chi connectivity index (χ4n) is 2.05. The molecule has 18 heavy (non-hydrogen) atoms. The van der Waals surface area contributed by atoms with E-state index in [1.165, 1.54) is 16.7 Å². The van der Waals surface area contributed by atoms with Crippen molar-refractivity contribution in [2.45, 2.75) is 64.3 Å². The molecule has 1 rings (SSSR count). The monoisotopic (exact) mass is 267 g/mol. The van der Waals surface area contributed by atoms with Crippen LogP contribution in [0.5, 0.6) is 0 Å². The number of benzene rings is 1. The van der Waals surface area contributed by atoms with Crippen LogP contribution in [0.15, 0.2) is 18.2 Å². The Labute approximate surface area is 117 Å². The predicted molar refractivity (Wildman–Crippen MR) is 81.3 cm³/mol. The first kappa shape index (κ1) is 15.5. The standard InChI is InChI=1S/C16H26ClN/c1-12(18)6-5-7-13-8-14(11-17)10-15(9-13)16(2,3)4/h8-10,12H,5-7,11,18H2,1-4H3/t12-/m1/s1. The van der Waals surface area contributed by atoms with Crippen molar-refractivity contribution in [2.75, 3.05) is 0 Å². The second kappa shape index (κ2) is 6.58. The molecule has 0 aromatic heterocycles. The number of rotatable bonds is 5. The first-order valence-electron chi connectivity index (χ1n) is 6.78. The molecular weight excluding hydrogens is 242 g/mol. The first-order valence-corrected chi connectivity index (χ1v) is 7.31. The Hall–Kier alpha value is -0.530. The normalized spacial score (nSPS) is 13.7. The van der Waals surface area contributed by atoms with Crippen LogP contribution in [0.25, 0.3) is 0 Å². The van der Waals surface area contributed by atoms with Crippen LogP contribution in [0.4, 0.5) is 0 Å². The molecule has 1 aromatic carbocycles. The lowest BCUT2D eigenvalue weighted by Crippen LogP contribution is -2.15. The zero-order valence-corrected chi connectivity index (χ0v) is 12.8. The van der Waals surface area contributed by atoms with E-state index in [9.17, 15) is 0 Å². The summed E-state index contributed by atoms with van der Waals surface area (Å²) < 4.78 is 0. The first-order chi connectivity index (χ1) is 8.32. The molecule has 0 aliphatic carbocycles. The van der Waals surface area contributed by atoms with Crippen LogP contribution in [0.1, 0.15) is 57.2 Å². The molecule has 0 heterocycles. The molecule has 2 heteroatoms. The van der Waals surface area contributed by atoms with Gasteiger partial charge in [-0.2, -0.15) is 0 Å². The molecule has 0 aliphatic rings. The van der Waals surface area contributed by atoms with Crippen LogP contribution in [0.2, 0.25) is 0 Å². The fraction of sp³-hybridized carbons (Fsp3) is 0.625. The zero-order chi connectivity index (χ0) is 13.8. The quantitative estimate of drug-likeness (QED) is 0.787. The molecule has 102 valence electrons. The largest absolute Gasteiger partial charge is 0.328 e. The molecule has 0 radical (unpaired) electrons. The maximum Gasteiger partial charge on any atom is 0.0474 e. The third-order valence-corrected chi connectivity index (χ3v) is 3.51. The Kier molecular flexibility index (Phi) is 5.68. The lowest BCUT2D eigenvalue weighted by atomic mass is 9.84. The van der Waals surface area contributed by atoms with Gasteiger partial charge >= 0.3 is 0 Å². The van der Waals surface area contributed by atoms with E-state index >= 15 is 0 Å². The van der Waals surface area contributed by atoms with E-state index in [1.54, 1.807) is 0 Å². The van der Waals surface area contributed by atoms with Crippen molar-refractivity contribution in [3.05, 3.63) is 34.9 Å². The summed E-state index contributed by atoms with van der Waals surface area (Å²) in [5.41, 5.74) is 9.95. The highest BCUT2D eigenvalue weighted by atomic mass is 35.5. The summed E-state index contributed by atoms with van der Waals surface area (Å²) in [5, 5.41) is 0. The van der Waals surface area contributed by atoms with E-state index in [1.807, 2.05) is 0 Å². The van der Waals surface area contributed by atoms with E-state index in [4.69, 9.17) is 17.3 Å². The van der Waals surface area contributed by atoms with Gasteiger partial charge in [0.15, 0.2) is 0 Å². The summed E-state index contributed by atoms with van der Waals surface area (Å²) >= 11 is 5.99. The molecule has 0 saturated heterocycles. The smallest absolute Gasteiger partial charge is 0.0474 e. The minimum absolute atomic E-state index is 0.179. The van der Waals surface area contributed by atoms with Crippen molar-refractivity contribution in [3.8, 4) is 0 Å². The molecule has 1 atom stereocenters. The van der Waals surface area contributed by atoms with Gasteiger partial charge < -0.3 is 5.73 Å². The van der Waals surface area contributed by atoms with Crippen LogP contribution in [0, 0.1) is 0 Å². The maximum absolute atomic E-state index is 5.99. The van der Waals surface area contributed by atoms with E-state index in [-0.39, 0.29) is 5.41 Å². The Morgan fingerprint density at radius 1 is 1.17 bits per heavy atom. The highest BCUT2D eigenvalue weighted by Gasteiger charge is 2.15. The predicted octanol–water partition coefficient (Wildman–Crippen LogP) is 4.39. The number of hydrogen-bond acceptors (Lipinski definition) is 1. The zero-order valence-electron chi connectivity index (χ0n) is 12.1. The van der Waals surface area contributed by atoms with Crippen molar-refractivity contribution in [1.82, 2.24) is 0 Å². The van der Waals surface area contributed by atoms with Crippen molar-refractivity contribution in [1.29, 1.82) is 0 Å². The Morgan fingerprint density at radius 3 is 2.28 bits per heavy atom. The van der Waals surface area contributed by atoms with Gasteiger partial charge in [0, 0.05) is 11.9 Å². The van der Waals surface area contributed by atoms with Crippen molar-refractivity contribution in [2.24, 2.45) is 5.73 Å². The third kappa shape index (κ3) is 4.99. The minimum atomic E-state index is 0.179. The summed E-state index contributed by atoms with van der Waals surface area (Å²) in [5.74, 6) is 0.588. The van der Waals surface area contributed by atoms with Gasteiger partial charge in [0.2, 0.25) is 0 Å². The van der Waals surface area contributed by atoms with E-state index < -0.39 is 0 Å². The molecule has 1 aromatic rings. The highest BCUT2D eigenvalue weighted by Crippen LogP contribution is 2.26. The minimum Gasteiger partial charge on any atom is -0.328 e. The summed E-state index contributed by atoms with van der Waals surface area (Å²) in [7, 11) is 0. The fourth-order valence-corrected chi connectivity index (χ4v) is 2.20. The molecule has 0 spiro atoms. The van der Waals surface area contributed by atoms with Gasteiger partial charge in [-0.15, -0.1) is 11.6 Å². The lowest BCUT2D eigenvalue weighted by molar-refractivity contribution is 0.586. The van der Waals surface area contributed by atoms with Crippen LogP contribution >= 0.6 is 11.6 Å². The maximum atomic E-state index is 5.99. The second-order valence-electron chi connectivity index (χ2n) is 6.29. The van der Waals surface area contributed by atoms with Gasteiger partial charge in [-0.3, -0.25) is 0 Å². The molecule has 1 nitrogen and oxygen atoms in total. The number of nitrogens with two attached hydrogens (primary N) is 1. The summed E-state index contributed by atoms with van der Waals surface area (Å²) in [6.45, 7) is 8.79. The molecule has 0 amide bonds. The molecule has 0 unspecified atom stereocenters. The van der Waals surface area contributed by atoms with Gasteiger partial charge in [-0.05, 0) is 48.3 Å². The molecule has 0 aliphatic heterocycles. The number of halogens is 1. The lowest BCUT2D eigenvalue weighted by Gasteiger charge is -2.21. The van der Waals surface area contributed by atoms with Gasteiger partial charge in [-0.25, -0.2) is 0 Å². The molecule has 0 bridgehead atoms. The number of aryl methyl sites for hydroxylation is 1. The van der Waals surface area contributed by atoms with Crippen LogP contribution in [0.3, 0.4) is 0 Å². The topological polar surface area (TPSA) is 26.0 Å². The van der Waals surface area contributed by atoms with Crippen molar-refractivity contribution in [3.63, 3.8) is 0 Å². The van der Waals surface area contributed by atoms with E-state index in [0.29, 0.717) is 11.9 Å². The van der Waals surface area contributed by atoms with Crippen LogP contribution in [-0.2, 0) is 17.7 Å².